The molecule has 0 amide bonds. The van der Waals surface area contributed by atoms with Gasteiger partial charge in [0.15, 0.2) is 0 Å². The first-order valence-electron chi connectivity index (χ1n) is 9.31. The zero-order valence-electron chi connectivity index (χ0n) is 16.9. The predicted octanol–water partition coefficient (Wildman–Crippen LogP) is 6.30. The van der Waals surface area contributed by atoms with Crippen molar-refractivity contribution in [3.63, 3.8) is 0 Å². The lowest BCUT2D eigenvalue weighted by molar-refractivity contribution is 0.0600. The number of fused-ring (bicyclic) bond motifs is 1. The van der Waals surface area contributed by atoms with Crippen molar-refractivity contribution >= 4 is 60.5 Å². The Morgan fingerprint density at radius 2 is 1.97 bits per heavy atom. The third-order valence-electron chi connectivity index (χ3n) is 4.67. The molecule has 0 aliphatic rings. The van der Waals surface area contributed by atoms with Crippen LogP contribution in [0.15, 0.2) is 57.6 Å². The Bertz CT molecular complexity index is 1330. The zero-order valence-corrected chi connectivity index (χ0v) is 20.9. The average Bonchev–Trinajstić information content (AvgIpc) is 3.12. The first kappa shape index (κ1) is 22.6. The number of esters is 1. The number of benzene rings is 2. The number of ether oxygens (including phenoxy) is 3. The van der Waals surface area contributed by atoms with Crippen molar-refractivity contribution in [2.45, 2.75) is 6.61 Å². The van der Waals surface area contributed by atoms with Gasteiger partial charge in [-0.25, -0.2) is 14.8 Å². The summed E-state index contributed by atoms with van der Waals surface area (Å²) in [6, 6.07) is 12.4. The minimum Gasteiger partial charge on any atom is -0.486 e. The van der Waals surface area contributed by atoms with Crippen LogP contribution in [0, 0.1) is 0 Å². The van der Waals surface area contributed by atoms with E-state index in [0.29, 0.717) is 42.7 Å². The number of aryl methyl sites for hydroxylation is 1. The number of hydrogen-bond acceptors (Lipinski definition) is 6. The molecule has 0 saturated heterocycles. The van der Waals surface area contributed by atoms with Gasteiger partial charge in [-0.2, -0.15) is 0 Å². The van der Waals surface area contributed by atoms with Gasteiger partial charge in [0.25, 0.3) is 0 Å². The molecule has 2 heterocycles. The van der Waals surface area contributed by atoms with E-state index in [2.05, 4.69) is 41.8 Å². The first-order valence-corrected chi connectivity index (χ1v) is 11.3. The molecule has 0 radical (unpaired) electrons. The molecule has 10 heteroatoms. The minimum absolute atomic E-state index is 0.224. The van der Waals surface area contributed by atoms with Crippen molar-refractivity contribution in [3.05, 3.63) is 74.0 Å². The lowest BCUT2D eigenvalue weighted by atomic mass is 10.2. The highest BCUT2D eigenvalue weighted by atomic mass is 79.9. The van der Waals surface area contributed by atoms with E-state index < -0.39 is 5.97 Å². The first-order chi connectivity index (χ1) is 15.4. The molecule has 0 spiro atoms. The number of carbonyl (C=O) groups is 1. The average molecular weight is 582 g/mol. The van der Waals surface area contributed by atoms with Gasteiger partial charge in [-0.1, -0.05) is 17.7 Å². The molecule has 0 N–H and O–H groups in total. The quantitative estimate of drug-likeness (QED) is 0.249. The van der Waals surface area contributed by atoms with Gasteiger partial charge in [0.05, 0.1) is 37.7 Å². The number of hydrogen-bond donors (Lipinski definition) is 0. The third kappa shape index (κ3) is 4.60. The molecule has 0 atom stereocenters. The van der Waals surface area contributed by atoms with Gasteiger partial charge in [0.1, 0.15) is 23.9 Å². The van der Waals surface area contributed by atoms with Crippen LogP contribution < -0.4 is 9.47 Å². The molecular weight excluding hydrogens is 566 g/mol. The smallest absolute Gasteiger partial charge is 0.337 e. The van der Waals surface area contributed by atoms with E-state index in [4.69, 9.17) is 25.8 Å². The van der Waals surface area contributed by atoms with E-state index in [0.717, 1.165) is 11.0 Å². The minimum atomic E-state index is -0.418. The van der Waals surface area contributed by atoms with Crippen molar-refractivity contribution in [1.29, 1.82) is 0 Å². The normalized spacial score (nSPS) is 10.9. The molecule has 0 saturated carbocycles. The van der Waals surface area contributed by atoms with E-state index in [1.165, 1.54) is 7.11 Å². The van der Waals surface area contributed by atoms with Gasteiger partial charge >= 0.3 is 5.97 Å². The van der Waals surface area contributed by atoms with Crippen LogP contribution in [0.5, 0.6) is 17.4 Å². The molecule has 4 aromatic rings. The summed E-state index contributed by atoms with van der Waals surface area (Å²) in [5, 5.41) is 0.479. The Balaban J connectivity index is 1.55. The molecule has 4 rings (SSSR count). The summed E-state index contributed by atoms with van der Waals surface area (Å²) in [5.41, 5.74) is 2.08. The summed E-state index contributed by atoms with van der Waals surface area (Å²) in [7, 11) is 3.24. The van der Waals surface area contributed by atoms with Gasteiger partial charge in [-0.05, 0) is 62.2 Å². The second kappa shape index (κ2) is 9.48. The van der Waals surface area contributed by atoms with Crippen LogP contribution in [0.25, 0.3) is 11.0 Å². The standard InChI is InChI=1S/C22H16Br2ClN3O4/c1-28-17-9-14(32-21-19(24)20(25)15(23)10-26-21)6-7-16(17)27-18(28)11-31-13-5-3-4-12(8-13)22(29)30-2/h3-10H,11H2,1-2H3. The summed E-state index contributed by atoms with van der Waals surface area (Å²) < 4.78 is 19.7. The van der Waals surface area contributed by atoms with E-state index in [1.807, 2.05) is 29.8 Å². The lowest BCUT2D eigenvalue weighted by Gasteiger charge is -2.09. The van der Waals surface area contributed by atoms with Gasteiger partial charge < -0.3 is 18.8 Å². The highest BCUT2D eigenvalue weighted by molar-refractivity contribution is 9.11. The van der Waals surface area contributed by atoms with Crippen LogP contribution in [0.2, 0.25) is 5.02 Å². The van der Waals surface area contributed by atoms with Crippen molar-refractivity contribution in [1.82, 2.24) is 14.5 Å². The monoisotopic (exact) mass is 579 g/mol. The van der Waals surface area contributed by atoms with Crippen LogP contribution in [-0.4, -0.2) is 27.6 Å². The molecule has 32 heavy (non-hydrogen) atoms. The Hall–Kier alpha value is -2.62. The maximum atomic E-state index is 11.7. The molecule has 164 valence electrons. The van der Waals surface area contributed by atoms with Gasteiger partial charge in [-0.15, -0.1) is 0 Å². The largest absolute Gasteiger partial charge is 0.486 e. The van der Waals surface area contributed by atoms with Crippen LogP contribution >= 0.6 is 43.5 Å². The molecule has 0 fully saturated rings. The Kier molecular flexibility index (Phi) is 6.68. The summed E-state index contributed by atoms with van der Waals surface area (Å²) in [5.74, 6) is 1.79. The lowest BCUT2D eigenvalue weighted by Crippen LogP contribution is -2.05. The van der Waals surface area contributed by atoms with Crippen molar-refractivity contribution in [3.8, 4) is 17.4 Å². The molecular formula is C22H16Br2ClN3O4. The summed E-state index contributed by atoms with van der Waals surface area (Å²) in [6.45, 7) is 0.224. The van der Waals surface area contributed by atoms with E-state index >= 15 is 0 Å². The third-order valence-corrected chi connectivity index (χ3v) is 6.85. The summed E-state index contributed by atoms with van der Waals surface area (Å²) >= 11 is 13.0. The van der Waals surface area contributed by atoms with E-state index in [9.17, 15) is 4.79 Å². The van der Waals surface area contributed by atoms with E-state index in [1.54, 1.807) is 30.5 Å². The van der Waals surface area contributed by atoms with E-state index in [-0.39, 0.29) is 6.61 Å². The van der Waals surface area contributed by atoms with Gasteiger partial charge in [-0.3, -0.25) is 0 Å². The number of halogens is 3. The molecule has 7 nitrogen and oxygen atoms in total. The maximum absolute atomic E-state index is 11.7. The summed E-state index contributed by atoms with van der Waals surface area (Å²) in [6.07, 6.45) is 1.58. The molecule has 0 unspecified atom stereocenters. The van der Waals surface area contributed by atoms with Crippen LogP contribution in [0.3, 0.4) is 0 Å². The van der Waals surface area contributed by atoms with Crippen molar-refractivity contribution in [2.24, 2.45) is 7.05 Å². The van der Waals surface area contributed by atoms with Gasteiger partial charge in [0, 0.05) is 19.3 Å². The highest BCUT2D eigenvalue weighted by Crippen LogP contribution is 2.38. The Morgan fingerprint density at radius 1 is 1.16 bits per heavy atom. The fourth-order valence-electron chi connectivity index (χ4n) is 3.00. The van der Waals surface area contributed by atoms with Crippen LogP contribution in [0.4, 0.5) is 0 Å². The summed E-state index contributed by atoms with van der Waals surface area (Å²) in [4.78, 5) is 20.6. The molecule has 2 aromatic heterocycles. The molecule has 0 aliphatic heterocycles. The second-order valence-electron chi connectivity index (χ2n) is 6.69. The Labute approximate surface area is 205 Å². The maximum Gasteiger partial charge on any atom is 0.337 e. The fraction of sp³-hybridized carbons (Fsp3) is 0.136. The molecule has 0 aliphatic carbocycles. The number of pyridine rings is 1. The number of rotatable bonds is 6. The predicted molar refractivity (Wildman–Crippen MR) is 128 cm³/mol. The number of aromatic nitrogens is 3. The number of nitrogens with zero attached hydrogens (tertiary/aromatic N) is 3. The topological polar surface area (TPSA) is 75.5 Å². The van der Waals surface area contributed by atoms with Crippen LogP contribution in [0.1, 0.15) is 16.2 Å². The Morgan fingerprint density at radius 3 is 2.75 bits per heavy atom. The number of imidazole rings is 1. The van der Waals surface area contributed by atoms with Gasteiger partial charge in [0.2, 0.25) is 5.88 Å². The van der Waals surface area contributed by atoms with Crippen molar-refractivity contribution in [2.75, 3.05) is 7.11 Å². The second-order valence-corrected chi connectivity index (χ2v) is 8.71. The van der Waals surface area contributed by atoms with Crippen LogP contribution in [-0.2, 0) is 18.4 Å². The molecule has 2 aromatic carbocycles. The fourth-order valence-corrected chi connectivity index (χ4v) is 4.09. The van der Waals surface area contributed by atoms with Crippen molar-refractivity contribution < 1.29 is 19.0 Å². The molecule has 0 bridgehead atoms. The zero-order chi connectivity index (χ0) is 22.8. The number of carbonyl (C=O) groups excluding carboxylic acids is 1. The SMILES string of the molecule is COC(=O)c1cccc(OCc2nc3ccc(Oc4ncc(Br)c(Cl)c4Br)cc3n2C)c1. The highest BCUT2D eigenvalue weighted by Gasteiger charge is 2.14. The number of methoxy groups -OCH3 is 1.